The van der Waals surface area contributed by atoms with Crippen molar-refractivity contribution in [1.29, 1.82) is 0 Å². The molecule has 0 amide bonds. The highest BCUT2D eigenvalue weighted by molar-refractivity contribution is 7.47. The van der Waals surface area contributed by atoms with Gasteiger partial charge in [-0.2, -0.15) is 0 Å². The molecule has 2 atom stereocenters. The Balaban J connectivity index is 4.06. The van der Waals surface area contributed by atoms with E-state index in [1.54, 1.807) is 0 Å². The Morgan fingerprint density at radius 1 is 0.574 bits per heavy atom. The van der Waals surface area contributed by atoms with Crippen molar-refractivity contribution in [3.05, 3.63) is 60.8 Å². The van der Waals surface area contributed by atoms with Crippen LogP contribution in [0.4, 0.5) is 0 Å². The Labute approximate surface area is 332 Å². The van der Waals surface area contributed by atoms with Gasteiger partial charge in [-0.25, -0.2) is 4.57 Å². The average Bonchev–Trinajstić information content (AvgIpc) is 3.16. The summed E-state index contributed by atoms with van der Waals surface area (Å²) in [5.41, 5.74) is 5.37. The number of esters is 1. The van der Waals surface area contributed by atoms with Crippen molar-refractivity contribution < 1.29 is 32.8 Å². The van der Waals surface area contributed by atoms with Gasteiger partial charge < -0.3 is 20.1 Å². The fourth-order valence-corrected chi connectivity index (χ4v) is 6.51. The van der Waals surface area contributed by atoms with Gasteiger partial charge in [-0.3, -0.25) is 13.8 Å². The standard InChI is InChI=1S/C45H82NO7P/c1-3-5-7-9-11-13-15-17-19-20-21-22-23-25-27-29-31-33-35-37-40-50-42-44(43-52-54(48,49)51-41-39-46)53-45(47)38-36-34-32-30-28-26-24-18-16-14-12-10-8-6-4-2/h5,7,11,13,17-19,21-22,24,44H,3-4,6,8-10,12,14-16,20,23,25-43,46H2,1-2H3,(H,48,49)/b7-5-,13-11-,19-17-,22-21-,24-18-. The van der Waals surface area contributed by atoms with Crippen molar-refractivity contribution in [2.75, 3.05) is 33.0 Å². The van der Waals surface area contributed by atoms with Crippen LogP contribution >= 0.6 is 7.82 Å². The Bertz CT molecular complexity index is 1010. The SMILES string of the molecule is CC/C=C\C/C=C\C/C=C\C/C=C\CCCCCCCCCOCC(COP(=O)(O)OCCN)OC(=O)CCCCCCC/C=C\CCCCCCCC. The molecule has 0 aliphatic carbocycles. The van der Waals surface area contributed by atoms with E-state index in [4.69, 9.17) is 24.3 Å². The fraction of sp³-hybridized carbons (Fsp3) is 0.756. The van der Waals surface area contributed by atoms with E-state index in [9.17, 15) is 14.3 Å². The normalized spacial score (nSPS) is 14.1. The van der Waals surface area contributed by atoms with Crippen molar-refractivity contribution in [3.8, 4) is 0 Å². The number of unbranched alkanes of at least 4 members (excludes halogenated alkanes) is 18. The maximum absolute atomic E-state index is 12.6. The molecule has 0 aliphatic rings. The highest BCUT2D eigenvalue weighted by Crippen LogP contribution is 2.43. The van der Waals surface area contributed by atoms with Gasteiger partial charge >= 0.3 is 13.8 Å². The molecule has 0 aromatic heterocycles. The zero-order valence-corrected chi connectivity index (χ0v) is 35.6. The first-order chi connectivity index (χ1) is 26.4. The van der Waals surface area contributed by atoms with Crippen LogP contribution in [-0.4, -0.2) is 49.9 Å². The Morgan fingerprint density at radius 2 is 1.04 bits per heavy atom. The molecule has 3 N–H and O–H groups in total. The van der Waals surface area contributed by atoms with Crippen molar-refractivity contribution in [1.82, 2.24) is 0 Å². The smallest absolute Gasteiger partial charge is 0.457 e. The molecule has 0 aliphatic heterocycles. The molecule has 54 heavy (non-hydrogen) atoms. The van der Waals surface area contributed by atoms with Gasteiger partial charge in [-0.15, -0.1) is 0 Å². The molecule has 0 aromatic carbocycles. The van der Waals surface area contributed by atoms with Gasteiger partial charge in [0.25, 0.3) is 0 Å². The third-order valence-electron chi connectivity index (χ3n) is 8.92. The lowest BCUT2D eigenvalue weighted by molar-refractivity contribution is -0.154. The quantitative estimate of drug-likeness (QED) is 0.0273. The zero-order valence-electron chi connectivity index (χ0n) is 34.7. The van der Waals surface area contributed by atoms with Crippen LogP contribution in [0, 0.1) is 0 Å². The topological polar surface area (TPSA) is 117 Å². The summed E-state index contributed by atoms with van der Waals surface area (Å²) < 4.78 is 33.4. The molecule has 0 fully saturated rings. The summed E-state index contributed by atoms with van der Waals surface area (Å²) in [5.74, 6) is -0.345. The molecular formula is C45H82NO7P. The number of nitrogens with two attached hydrogens (primary N) is 1. The molecule has 0 saturated carbocycles. The first-order valence-corrected chi connectivity index (χ1v) is 23.3. The second kappa shape index (κ2) is 42.3. The molecule has 9 heteroatoms. The number of carbonyl (C=O) groups is 1. The highest BCUT2D eigenvalue weighted by Gasteiger charge is 2.25. The van der Waals surface area contributed by atoms with Crippen LogP contribution in [0.15, 0.2) is 60.8 Å². The van der Waals surface area contributed by atoms with Crippen LogP contribution in [0.1, 0.15) is 181 Å². The minimum absolute atomic E-state index is 0.0947. The molecular weight excluding hydrogens is 697 g/mol. The number of carbonyl (C=O) groups excluding carboxylic acids is 1. The number of phosphoric ester groups is 1. The number of hydrogen-bond acceptors (Lipinski definition) is 7. The van der Waals surface area contributed by atoms with Crippen molar-refractivity contribution in [2.45, 2.75) is 187 Å². The monoisotopic (exact) mass is 780 g/mol. The van der Waals surface area contributed by atoms with Gasteiger partial charge in [-0.05, 0) is 77.0 Å². The summed E-state index contributed by atoms with van der Waals surface area (Å²) in [6.45, 7) is 4.76. The Kier molecular flexibility index (Phi) is 40.9. The summed E-state index contributed by atoms with van der Waals surface area (Å²) in [5, 5.41) is 0. The second-order valence-corrected chi connectivity index (χ2v) is 15.6. The van der Waals surface area contributed by atoms with Crippen LogP contribution in [0.2, 0.25) is 0 Å². The van der Waals surface area contributed by atoms with E-state index < -0.39 is 13.9 Å². The molecule has 0 saturated heterocycles. The lowest BCUT2D eigenvalue weighted by Gasteiger charge is -2.20. The molecule has 0 aromatic rings. The number of rotatable bonds is 41. The van der Waals surface area contributed by atoms with E-state index in [-0.39, 0.29) is 32.3 Å². The molecule has 0 spiro atoms. The summed E-state index contributed by atoms with van der Waals surface area (Å²) in [7, 11) is -4.28. The molecule has 0 radical (unpaired) electrons. The largest absolute Gasteiger partial charge is 0.472 e. The molecule has 0 rings (SSSR count). The van der Waals surface area contributed by atoms with E-state index >= 15 is 0 Å². The van der Waals surface area contributed by atoms with Gasteiger partial charge in [-0.1, -0.05) is 158 Å². The predicted octanol–water partition coefficient (Wildman–Crippen LogP) is 13.0. The van der Waals surface area contributed by atoms with E-state index in [1.165, 1.54) is 77.0 Å². The molecule has 8 nitrogen and oxygen atoms in total. The number of ether oxygens (including phenoxy) is 2. The Morgan fingerprint density at radius 3 is 1.57 bits per heavy atom. The highest BCUT2D eigenvalue weighted by atomic mass is 31.2. The van der Waals surface area contributed by atoms with Gasteiger partial charge in [0.15, 0.2) is 0 Å². The number of hydrogen-bond donors (Lipinski definition) is 2. The third-order valence-corrected chi connectivity index (χ3v) is 9.90. The van der Waals surface area contributed by atoms with Crippen molar-refractivity contribution in [2.24, 2.45) is 5.73 Å². The van der Waals surface area contributed by atoms with E-state index in [0.29, 0.717) is 13.0 Å². The molecule has 2 unspecified atom stereocenters. The average molecular weight is 780 g/mol. The van der Waals surface area contributed by atoms with Crippen LogP contribution in [-0.2, 0) is 27.9 Å². The summed E-state index contributed by atoms with van der Waals surface area (Å²) in [4.78, 5) is 22.5. The van der Waals surface area contributed by atoms with Crippen molar-refractivity contribution >= 4 is 13.8 Å². The summed E-state index contributed by atoms with van der Waals surface area (Å²) in [6.07, 6.45) is 50.9. The Hall–Kier alpha value is -1.80. The van der Waals surface area contributed by atoms with Gasteiger partial charge in [0.2, 0.25) is 0 Å². The van der Waals surface area contributed by atoms with E-state index in [0.717, 1.165) is 83.5 Å². The van der Waals surface area contributed by atoms with E-state index in [2.05, 4.69) is 74.6 Å². The van der Waals surface area contributed by atoms with Crippen LogP contribution in [0.25, 0.3) is 0 Å². The maximum Gasteiger partial charge on any atom is 0.472 e. The molecule has 0 bridgehead atoms. The minimum atomic E-state index is -4.28. The first-order valence-electron chi connectivity index (χ1n) is 21.8. The van der Waals surface area contributed by atoms with Crippen LogP contribution in [0.3, 0.4) is 0 Å². The zero-order chi connectivity index (χ0) is 39.5. The van der Waals surface area contributed by atoms with Gasteiger partial charge in [0.05, 0.1) is 19.8 Å². The minimum Gasteiger partial charge on any atom is -0.457 e. The van der Waals surface area contributed by atoms with Gasteiger partial charge in [0, 0.05) is 19.6 Å². The molecule has 314 valence electrons. The van der Waals surface area contributed by atoms with Crippen molar-refractivity contribution in [3.63, 3.8) is 0 Å². The van der Waals surface area contributed by atoms with Gasteiger partial charge in [0.1, 0.15) is 6.10 Å². The lowest BCUT2D eigenvalue weighted by Crippen LogP contribution is -2.28. The van der Waals surface area contributed by atoms with E-state index in [1.807, 2.05) is 0 Å². The van der Waals surface area contributed by atoms with Crippen LogP contribution < -0.4 is 5.73 Å². The third kappa shape index (κ3) is 41.4. The number of allylic oxidation sites excluding steroid dienone is 10. The summed E-state index contributed by atoms with van der Waals surface area (Å²) in [6, 6.07) is 0. The lowest BCUT2D eigenvalue weighted by atomic mass is 10.1. The van der Waals surface area contributed by atoms with Crippen LogP contribution in [0.5, 0.6) is 0 Å². The molecule has 0 heterocycles. The first kappa shape index (κ1) is 52.2. The summed E-state index contributed by atoms with van der Waals surface area (Å²) >= 11 is 0. The number of phosphoric acid groups is 1. The second-order valence-electron chi connectivity index (χ2n) is 14.2. The predicted molar refractivity (Wildman–Crippen MR) is 229 cm³/mol. The fourth-order valence-electron chi connectivity index (χ4n) is 5.75. The maximum atomic E-state index is 12.6.